The van der Waals surface area contributed by atoms with Gasteiger partial charge in [0.2, 0.25) is 5.91 Å². The quantitative estimate of drug-likeness (QED) is 0.639. The molecule has 0 saturated carbocycles. The Hall–Kier alpha value is -1.66. The Morgan fingerprint density at radius 2 is 2.24 bits per heavy atom. The third kappa shape index (κ3) is 2.22. The molecular weight excluding hydrogens is 248 g/mol. The number of halogens is 1. The minimum absolute atomic E-state index is 0.0262. The zero-order chi connectivity index (χ0) is 12.6. The largest absolute Gasteiger partial charge is 0.391 e. The van der Waals surface area contributed by atoms with Crippen LogP contribution in [0.4, 0.5) is 11.4 Å². The first-order valence-electron chi connectivity index (χ1n) is 4.91. The predicted octanol–water partition coefficient (Wildman–Crippen LogP) is 1.35. The maximum absolute atomic E-state index is 11.5. The SMILES string of the molecule is O=C1CC(O)CN1c1ccc([N+](=O)[O-])c(Cl)c1. The van der Waals surface area contributed by atoms with Gasteiger partial charge in [0, 0.05) is 11.8 Å². The summed E-state index contributed by atoms with van der Waals surface area (Å²) in [6, 6.07) is 4.05. The standard InChI is InChI=1S/C10H9ClN2O4/c11-8-3-6(1-2-9(8)13(16)17)12-5-7(14)4-10(12)15/h1-3,7,14H,4-5H2. The fraction of sp³-hybridized carbons (Fsp3) is 0.300. The summed E-state index contributed by atoms with van der Waals surface area (Å²) >= 11 is 5.74. The number of anilines is 1. The van der Waals surface area contributed by atoms with E-state index in [1.165, 1.54) is 23.1 Å². The van der Waals surface area contributed by atoms with Crippen molar-refractivity contribution in [1.82, 2.24) is 0 Å². The highest BCUT2D eigenvalue weighted by Crippen LogP contribution is 2.30. The molecule has 0 spiro atoms. The Morgan fingerprint density at radius 3 is 2.71 bits per heavy atom. The maximum Gasteiger partial charge on any atom is 0.288 e. The Kier molecular flexibility index (Phi) is 2.99. The zero-order valence-corrected chi connectivity index (χ0v) is 9.42. The van der Waals surface area contributed by atoms with Crippen LogP contribution in [0.25, 0.3) is 0 Å². The Morgan fingerprint density at radius 1 is 1.53 bits per heavy atom. The molecule has 1 saturated heterocycles. The Bertz CT molecular complexity index is 491. The highest BCUT2D eigenvalue weighted by molar-refractivity contribution is 6.33. The van der Waals surface area contributed by atoms with Gasteiger partial charge >= 0.3 is 0 Å². The molecule has 1 fully saturated rings. The van der Waals surface area contributed by atoms with Crippen LogP contribution in [-0.4, -0.2) is 28.6 Å². The van der Waals surface area contributed by atoms with Crippen molar-refractivity contribution in [3.8, 4) is 0 Å². The van der Waals surface area contributed by atoms with Crippen LogP contribution in [0.2, 0.25) is 5.02 Å². The molecule has 0 aliphatic carbocycles. The second-order valence-corrected chi connectivity index (χ2v) is 4.16. The summed E-state index contributed by atoms with van der Waals surface area (Å²) in [6.45, 7) is 0.187. The number of nitro benzene ring substituents is 1. The van der Waals surface area contributed by atoms with E-state index in [0.29, 0.717) is 5.69 Å². The van der Waals surface area contributed by atoms with Crippen molar-refractivity contribution in [2.45, 2.75) is 12.5 Å². The van der Waals surface area contributed by atoms with Crippen LogP contribution in [0, 0.1) is 10.1 Å². The summed E-state index contributed by atoms with van der Waals surface area (Å²) in [5.41, 5.74) is 0.254. The molecule has 1 aliphatic rings. The van der Waals surface area contributed by atoms with Crippen LogP contribution in [0.5, 0.6) is 0 Å². The molecule has 1 unspecified atom stereocenters. The number of hydrogen-bond acceptors (Lipinski definition) is 4. The van der Waals surface area contributed by atoms with Gasteiger partial charge in [0.05, 0.1) is 24.0 Å². The number of carbonyl (C=O) groups excluding carboxylic acids is 1. The molecule has 1 atom stereocenters. The highest BCUT2D eigenvalue weighted by atomic mass is 35.5. The second-order valence-electron chi connectivity index (χ2n) is 3.76. The first-order valence-corrected chi connectivity index (χ1v) is 5.29. The predicted molar refractivity (Wildman–Crippen MR) is 61.1 cm³/mol. The van der Waals surface area contributed by atoms with Crippen LogP contribution >= 0.6 is 11.6 Å². The van der Waals surface area contributed by atoms with Crippen molar-refractivity contribution in [3.05, 3.63) is 33.3 Å². The van der Waals surface area contributed by atoms with E-state index in [0.717, 1.165) is 0 Å². The van der Waals surface area contributed by atoms with Crippen molar-refractivity contribution < 1.29 is 14.8 Å². The molecule has 1 heterocycles. The molecule has 6 nitrogen and oxygen atoms in total. The van der Waals surface area contributed by atoms with Crippen molar-refractivity contribution >= 4 is 28.9 Å². The van der Waals surface area contributed by atoms with Gasteiger partial charge in [-0.25, -0.2) is 0 Å². The second kappa shape index (κ2) is 4.31. The number of rotatable bonds is 2. The zero-order valence-electron chi connectivity index (χ0n) is 8.67. The van der Waals surface area contributed by atoms with Crippen LogP contribution in [0.1, 0.15) is 6.42 Å². The number of nitrogens with zero attached hydrogens (tertiary/aromatic N) is 2. The van der Waals surface area contributed by atoms with Gasteiger partial charge in [-0.2, -0.15) is 0 Å². The van der Waals surface area contributed by atoms with Crippen LogP contribution in [0.15, 0.2) is 18.2 Å². The molecule has 0 aromatic heterocycles. The lowest BCUT2D eigenvalue weighted by atomic mass is 10.2. The normalized spacial score (nSPS) is 19.8. The summed E-state index contributed by atoms with van der Waals surface area (Å²) in [5, 5.41) is 19.9. The van der Waals surface area contributed by atoms with Gasteiger partial charge in [0.15, 0.2) is 0 Å². The smallest absolute Gasteiger partial charge is 0.288 e. The van der Waals surface area contributed by atoms with Crippen LogP contribution in [-0.2, 0) is 4.79 Å². The molecule has 1 aromatic rings. The summed E-state index contributed by atoms with van der Waals surface area (Å²) < 4.78 is 0. The molecule has 7 heteroatoms. The van der Waals surface area contributed by atoms with E-state index in [1.807, 2.05) is 0 Å². The average molecular weight is 257 g/mol. The van der Waals surface area contributed by atoms with Gasteiger partial charge in [-0.1, -0.05) is 11.6 Å². The minimum atomic E-state index is -0.698. The van der Waals surface area contributed by atoms with E-state index in [1.54, 1.807) is 0 Å². The van der Waals surface area contributed by atoms with Crippen molar-refractivity contribution in [3.63, 3.8) is 0 Å². The number of aliphatic hydroxyl groups excluding tert-OH is 1. The van der Waals surface area contributed by atoms with E-state index in [2.05, 4.69) is 0 Å². The summed E-state index contributed by atoms with van der Waals surface area (Å²) in [4.78, 5) is 22.8. The minimum Gasteiger partial charge on any atom is -0.391 e. The molecule has 1 N–H and O–H groups in total. The Labute approximate surface area is 102 Å². The van der Waals surface area contributed by atoms with Gasteiger partial charge in [-0.15, -0.1) is 0 Å². The van der Waals surface area contributed by atoms with E-state index in [9.17, 15) is 20.0 Å². The number of β-amino-alcohol motifs (C(OH)–C–C–N with tert-alkyl or cyclic N) is 1. The third-order valence-electron chi connectivity index (χ3n) is 2.54. The number of carbonyl (C=O) groups is 1. The molecule has 1 amide bonds. The maximum atomic E-state index is 11.5. The lowest BCUT2D eigenvalue weighted by Gasteiger charge is -2.15. The van der Waals surface area contributed by atoms with Gasteiger partial charge in [0.25, 0.3) is 5.69 Å². The van der Waals surface area contributed by atoms with Crippen LogP contribution in [0.3, 0.4) is 0 Å². The fourth-order valence-corrected chi connectivity index (χ4v) is 1.99. The first kappa shape index (κ1) is 11.8. The van der Waals surface area contributed by atoms with Crippen molar-refractivity contribution in [2.75, 3.05) is 11.4 Å². The molecular formula is C10H9ClN2O4. The van der Waals surface area contributed by atoms with Gasteiger partial charge in [-0.05, 0) is 12.1 Å². The monoisotopic (exact) mass is 256 g/mol. The van der Waals surface area contributed by atoms with E-state index in [-0.39, 0.29) is 29.6 Å². The molecule has 0 radical (unpaired) electrons. The molecule has 90 valence electrons. The summed E-state index contributed by atoms with van der Waals surface area (Å²) in [7, 11) is 0. The molecule has 2 rings (SSSR count). The van der Waals surface area contributed by atoms with E-state index in [4.69, 9.17) is 11.6 Å². The van der Waals surface area contributed by atoms with E-state index >= 15 is 0 Å². The Balaban J connectivity index is 2.32. The summed E-state index contributed by atoms with van der Waals surface area (Å²) in [6.07, 6.45) is -0.634. The summed E-state index contributed by atoms with van der Waals surface area (Å²) in [5.74, 6) is -0.220. The highest BCUT2D eigenvalue weighted by Gasteiger charge is 2.29. The fourth-order valence-electron chi connectivity index (χ4n) is 1.75. The molecule has 1 aromatic carbocycles. The molecule has 0 bridgehead atoms. The third-order valence-corrected chi connectivity index (χ3v) is 2.85. The van der Waals surface area contributed by atoms with Gasteiger partial charge < -0.3 is 10.0 Å². The first-order chi connectivity index (χ1) is 7.99. The van der Waals surface area contributed by atoms with Crippen molar-refractivity contribution in [2.24, 2.45) is 0 Å². The molecule has 17 heavy (non-hydrogen) atoms. The van der Waals surface area contributed by atoms with Crippen LogP contribution < -0.4 is 4.90 Å². The topological polar surface area (TPSA) is 83.7 Å². The number of amides is 1. The number of hydrogen-bond donors (Lipinski definition) is 1. The average Bonchev–Trinajstić information content (AvgIpc) is 2.57. The molecule has 1 aliphatic heterocycles. The number of nitro groups is 1. The van der Waals surface area contributed by atoms with Crippen molar-refractivity contribution in [1.29, 1.82) is 0 Å². The van der Waals surface area contributed by atoms with Gasteiger partial charge in [-0.3, -0.25) is 14.9 Å². The van der Waals surface area contributed by atoms with E-state index < -0.39 is 11.0 Å². The number of aliphatic hydroxyl groups is 1. The lowest BCUT2D eigenvalue weighted by molar-refractivity contribution is -0.384. The number of benzene rings is 1. The van der Waals surface area contributed by atoms with Gasteiger partial charge in [0.1, 0.15) is 5.02 Å². The lowest BCUT2D eigenvalue weighted by Crippen LogP contribution is -2.25.